The average Bonchev–Trinajstić information content (AvgIpc) is 2.71. The van der Waals surface area contributed by atoms with E-state index in [9.17, 15) is 0 Å². The number of unbranched alkanes of at least 4 members (excludes halogenated alkanes) is 8. The van der Waals surface area contributed by atoms with Gasteiger partial charge in [-0.3, -0.25) is 0 Å². The van der Waals surface area contributed by atoms with Crippen LogP contribution in [0.3, 0.4) is 0 Å². The van der Waals surface area contributed by atoms with E-state index in [1.165, 1.54) is 77.0 Å². The third-order valence-electron chi connectivity index (χ3n) is 3.57. The molecule has 0 spiro atoms. The summed E-state index contributed by atoms with van der Waals surface area (Å²) in [7, 11) is -10.3. The zero-order valence-electron chi connectivity index (χ0n) is 22.2. The molecule has 0 aliphatic rings. The van der Waals surface area contributed by atoms with E-state index in [2.05, 4.69) is 27.7 Å². The summed E-state index contributed by atoms with van der Waals surface area (Å²) in [5.41, 5.74) is 0. The normalized spacial score (nSPS) is 10.1. The fourth-order valence-corrected chi connectivity index (χ4v) is 2.02. The largest absolute Gasteiger partial charge is 4.00 e. The topological polar surface area (TPSA) is 219 Å². The molecule has 0 aliphatic heterocycles. The van der Waals surface area contributed by atoms with Crippen LogP contribution in [0.15, 0.2) is 0 Å². The van der Waals surface area contributed by atoms with Gasteiger partial charge in [-0.15, -0.1) is 0 Å². The Hall–Kier alpha value is 0.973. The van der Waals surface area contributed by atoms with Crippen molar-refractivity contribution in [3.8, 4) is 0 Å². The van der Waals surface area contributed by atoms with Crippen molar-refractivity contribution in [2.45, 2.75) is 105 Å². The summed E-state index contributed by atoms with van der Waals surface area (Å²) in [5.74, 6) is 0. The van der Waals surface area contributed by atoms with Crippen LogP contribution in [0.25, 0.3) is 0 Å². The van der Waals surface area contributed by atoms with Crippen LogP contribution in [0.5, 0.6) is 0 Å². The molecule has 0 radical (unpaired) electrons. The molecule has 0 saturated heterocycles. The number of hydrogen-bond donors (Lipinski definition) is 2. The van der Waals surface area contributed by atoms with E-state index in [4.69, 9.17) is 56.4 Å². The van der Waals surface area contributed by atoms with Crippen molar-refractivity contribution in [1.82, 2.24) is 0 Å². The minimum absolute atomic E-state index is 0. The SMILES string of the molecule is CCCCCOCCCCC.CCCCCOCCCCC.O=P([O-])([O-])O.O=P([O-])([O-])O.O=[SH2]=O.[Zr+4]. The molecule has 0 amide bonds. The molecular weight excluding hydrogens is 617 g/mol. The van der Waals surface area contributed by atoms with Gasteiger partial charge < -0.3 is 48.0 Å². The van der Waals surface area contributed by atoms with Gasteiger partial charge in [-0.05, 0) is 25.7 Å². The van der Waals surface area contributed by atoms with Gasteiger partial charge in [0.05, 0.1) is 15.6 Å². The molecule has 0 aliphatic carbocycles. The van der Waals surface area contributed by atoms with E-state index in [1.54, 1.807) is 0 Å². The van der Waals surface area contributed by atoms with Crippen molar-refractivity contribution >= 4 is 27.2 Å². The summed E-state index contributed by atoms with van der Waals surface area (Å²) in [6, 6.07) is 0. The summed E-state index contributed by atoms with van der Waals surface area (Å²) in [6.45, 7) is 12.8. The van der Waals surface area contributed by atoms with Gasteiger partial charge in [0, 0.05) is 26.4 Å². The summed E-state index contributed by atoms with van der Waals surface area (Å²) < 4.78 is 45.0. The Kier molecular flexibility index (Phi) is 59.6. The predicted octanol–water partition coefficient (Wildman–Crippen LogP) is 1.17. The Bertz CT molecular complexity index is 431. The van der Waals surface area contributed by atoms with Crippen molar-refractivity contribution in [1.29, 1.82) is 0 Å². The van der Waals surface area contributed by atoms with Crippen LogP contribution in [0, 0.1) is 0 Å². The van der Waals surface area contributed by atoms with Crippen LogP contribution < -0.4 is 19.6 Å². The van der Waals surface area contributed by atoms with Crippen molar-refractivity contribution in [2.24, 2.45) is 0 Å². The van der Waals surface area contributed by atoms with Crippen LogP contribution in [-0.4, -0.2) is 44.6 Å². The fraction of sp³-hybridized carbons (Fsp3) is 1.00. The summed E-state index contributed by atoms with van der Waals surface area (Å²) >= 11 is -1.42. The Morgan fingerprint density at radius 3 is 0.806 bits per heavy atom. The van der Waals surface area contributed by atoms with Gasteiger partial charge >= 0.3 is 26.2 Å². The Morgan fingerprint density at radius 2 is 0.694 bits per heavy atom. The Balaban J connectivity index is -0.0000000839. The first-order valence-corrected chi connectivity index (χ1v) is 15.7. The van der Waals surface area contributed by atoms with Crippen LogP contribution in [0.1, 0.15) is 105 Å². The molecule has 0 atom stereocenters. The molecule has 0 saturated carbocycles. The molecule has 0 aromatic rings. The van der Waals surface area contributed by atoms with E-state index >= 15 is 0 Å². The van der Waals surface area contributed by atoms with E-state index in [0.717, 1.165) is 26.4 Å². The predicted molar refractivity (Wildman–Crippen MR) is 131 cm³/mol. The van der Waals surface area contributed by atoms with Gasteiger partial charge in [-0.1, -0.05) is 79.1 Å². The maximum atomic E-state index is 8.66. The molecular formula is C20H48O12P2SZr. The molecule has 16 heteroatoms. The minimum atomic E-state index is -5.14. The van der Waals surface area contributed by atoms with E-state index in [-0.39, 0.29) is 26.2 Å². The van der Waals surface area contributed by atoms with Crippen molar-refractivity contribution in [3.05, 3.63) is 0 Å². The zero-order chi connectivity index (χ0) is 28.4. The second-order valence-electron chi connectivity index (χ2n) is 7.07. The Morgan fingerprint density at radius 1 is 0.556 bits per heavy atom. The second-order valence-corrected chi connectivity index (χ2v) is 9.11. The maximum absolute atomic E-state index is 8.66. The quantitative estimate of drug-likeness (QED) is 0.175. The molecule has 0 bridgehead atoms. The summed E-state index contributed by atoms with van der Waals surface area (Å²) in [4.78, 5) is 48.6. The van der Waals surface area contributed by atoms with Gasteiger partial charge in [0.15, 0.2) is 0 Å². The molecule has 0 unspecified atom stereocenters. The number of ether oxygens (including phenoxy) is 2. The summed E-state index contributed by atoms with van der Waals surface area (Å²) in [6.07, 6.45) is 15.4. The molecule has 0 aromatic heterocycles. The first-order valence-electron chi connectivity index (χ1n) is 11.9. The zero-order valence-corrected chi connectivity index (χ0v) is 27.4. The number of phosphoric acid groups is 2. The van der Waals surface area contributed by atoms with Gasteiger partial charge in [-0.2, -0.15) is 0 Å². The molecule has 12 nitrogen and oxygen atoms in total. The van der Waals surface area contributed by atoms with Crippen LogP contribution in [0.2, 0.25) is 0 Å². The molecule has 0 heterocycles. The third kappa shape index (κ3) is 140. The third-order valence-corrected chi connectivity index (χ3v) is 3.57. The molecule has 220 valence electrons. The number of rotatable bonds is 16. The van der Waals surface area contributed by atoms with Crippen LogP contribution in [-0.2, 0) is 56.4 Å². The van der Waals surface area contributed by atoms with Crippen molar-refractivity contribution < 1.29 is 82.6 Å². The standard InChI is InChI=1S/2C10H22O.2H3O4P.H2O2S.Zr/c2*1-3-5-7-9-11-10-8-6-4-2;2*1-5(2,3)4;1-3-2;/h2*3-10H2,1-2H3;2*(H3,1,2,3,4);3H2;/q;;;;;+4/p-4. The molecule has 0 fully saturated rings. The first-order chi connectivity index (χ1) is 16.2. The first kappa shape index (κ1) is 49.9. The van der Waals surface area contributed by atoms with Crippen molar-refractivity contribution in [2.75, 3.05) is 26.4 Å². The minimum Gasteiger partial charge on any atom is -0.790 e. The van der Waals surface area contributed by atoms with Gasteiger partial charge in [0.25, 0.3) is 0 Å². The van der Waals surface area contributed by atoms with E-state index in [0.29, 0.717) is 0 Å². The Labute approximate surface area is 240 Å². The second kappa shape index (κ2) is 43.0. The van der Waals surface area contributed by atoms with Crippen molar-refractivity contribution in [3.63, 3.8) is 0 Å². The monoisotopic (exact) mass is 664 g/mol. The summed E-state index contributed by atoms with van der Waals surface area (Å²) in [5, 5.41) is 0. The molecule has 0 rings (SSSR count). The van der Waals surface area contributed by atoms with Gasteiger partial charge in [0.1, 0.15) is 11.6 Å². The molecule has 0 aromatic carbocycles. The van der Waals surface area contributed by atoms with Crippen LogP contribution >= 0.6 is 15.6 Å². The number of hydrogen-bond acceptors (Lipinski definition) is 10. The van der Waals surface area contributed by atoms with Gasteiger partial charge in [-0.25, -0.2) is 8.42 Å². The van der Waals surface area contributed by atoms with E-state index in [1.807, 2.05) is 0 Å². The van der Waals surface area contributed by atoms with E-state index < -0.39 is 27.2 Å². The van der Waals surface area contributed by atoms with Gasteiger partial charge in [0.2, 0.25) is 0 Å². The molecule has 2 N–H and O–H groups in total. The van der Waals surface area contributed by atoms with Crippen LogP contribution in [0.4, 0.5) is 0 Å². The fourth-order valence-electron chi connectivity index (χ4n) is 2.02. The average molecular weight is 666 g/mol. The smallest absolute Gasteiger partial charge is 0.790 e. The maximum Gasteiger partial charge on any atom is 4.00 e. The molecule has 36 heavy (non-hydrogen) atoms.